The van der Waals surface area contributed by atoms with Gasteiger partial charge in [0.15, 0.2) is 0 Å². The van der Waals surface area contributed by atoms with Gasteiger partial charge in [0.05, 0.1) is 16.7 Å². The number of para-hydroxylation sites is 1. The van der Waals surface area contributed by atoms with Gasteiger partial charge in [-0.05, 0) is 40.6 Å². The Hall–Kier alpha value is -3.55. The zero-order valence-electron chi connectivity index (χ0n) is 16.2. The molecule has 142 valence electrons. The fourth-order valence-electron chi connectivity index (χ4n) is 4.55. The van der Waals surface area contributed by atoms with E-state index in [4.69, 9.17) is 11.6 Å². The molecule has 0 bridgehead atoms. The molecule has 2 heteroatoms. The lowest BCUT2D eigenvalue weighted by Gasteiger charge is -2.15. The van der Waals surface area contributed by atoms with Gasteiger partial charge in [-0.1, -0.05) is 96.5 Å². The fourth-order valence-corrected chi connectivity index (χ4v) is 4.72. The van der Waals surface area contributed by atoms with Crippen LogP contribution in [0.15, 0.2) is 109 Å². The average molecular weight is 404 g/mol. The second-order valence-corrected chi connectivity index (χ2v) is 8.00. The molecule has 0 unspecified atom stereocenters. The van der Waals surface area contributed by atoms with Gasteiger partial charge in [0.2, 0.25) is 0 Å². The number of hydrogen-bond donors (Lipinski definition) is 0. The highest BCUT2D eigenvalue weighted by Gasteiger charge is 2.17. The molecule has 0 aliphatic heterocycles. The van der Waals surface area contributed by atoms with Crippen LogP contribution in [0, 0.1) is 0 Å². The van der Waals surface area contributed by atoms with E-state index in [1.54, 1.807) is 0 Å². The summed E-state index contributed by atoms with van der Waals surface area (Å²) in [4.78, 5) is 0. The minimum atomic E-state index is 0.733. The highest BCUT2D eigenvalue weighted by molar-refractivity contribution is 6.31. The van der Waals surface area contributed by atoms with Crippen molar-refractivity contribution < 1.29 is 0 Å². The molecule has 0 spiro atoms. The largest absolute Gasteiger partial charge is 0.309 e. The van der Waals surface area contributed by atoms with Crippen LogP contribution in [0.3, 0.4) is 0 Å². The second-order valence-electron chi connectivity index (χ2n) is 7.56. The molecule has 30 heavy (non-hydrogen) atoms. The van der Waals surface area contributed by atoms with Crippen molar-refractivity contribution in [3.05, 3.63) is 114 Å². The van der Waals surface area contributed by atoms with Gasteiger partial charge in [0.25, 0.3) is 0 Å². The molecule has 0 radical (unpaired) electrons. The predicted octanol–water partition coefficient (Wildman–Crippen LogP) is 8.26. The summed E-state index contributed by atoms with van der Waals surface area (Å²) < 4.78 is 2.35. The Kier molecular flexibility index (Phi) is 3.90. The van der Waals surface area contributed by atoms with E-state index >= 15 is 0 Å². The molecule has 0 atom stereocenters. The van der Waals surface area contributed by atoms with E-state index in [1.807, 2.05) is 12.1 Å². The molecule has 0 aliphatic carbocycles. The van der Waals surface area contributed by atoms with Crippen molar-refractivity contribution in [2.75, 3.05) is 0 Å². The molecule has 0 N–H and O–H groups in total. The Labute approximate surface area is 179 Å². The van der Waals surface area contributed by atoms with Crippen LogP contribution in [-0.2, 0) is 0 Å². The summed E-state index contributed by atoms with van der Waals surface area (Å²) >= 11 is 6.51. The molecule has 1 heterocycles. The first-order valence-electron chi connectivity index (χ1n) is 10.1. The third-order valence-electron chi connectivity index (χ3n) is 5.85. The van der Waals surface area contributed by atoms with Gasteiger partial charge < -0.3 is 4.57 Å². The highest BCUT2D eigenvalue weighted by Crippen LogP contribution is 2.39. The van der Waals surface area contributed by atoms with Crippen molar-refractivity contribution in [3.8, 4) is 16.8 Å². The molecular formula is C28H18ClN. The normalized spacial score (nSPS) is 11.5. The van der Waals surface area contributed by atoms with Gasteiger partial charge in [-0.25, -0.2) is 0 Å². The number of hydrogen-bond acceptors (Lipinski definition) is 0. The van der Waals surface area contributed by atoms with Crippen molar-refractivity contribution in [3.63, 3.8) is 0 Å². The van der Waals surface area contributed by atoms with Crippen molar-refractivity contribution >= 4 is 44.2 Å². The molecule has 0 saturated carbocycles. The Morgan fingerprint density at radius 2 is 1.30 bits per heavy atom. The topological polar surface area (TPSA) is 4.93 Å². The van der Waals surface area contributed by atoms with Crippen LogP contribution < -0.4 is 0 Å². The average Bonchev–Trinajstić information content (AvgIpc) is 3.14. The Morgan fingerprint density at radius 3 is 2.17 bits per heavy atom. The van der Waals surface area contributed by atoms with Crippen LogP contribution in [0.2, 0.25) is 5.02 Å². The number of fused-ring (bicyclic) bond motifs is 5. The molecule has 6 rings (SSSR count). The summed E-state index contributed by atoms with van der Waals surface area (Å²) in [5.41, 5.74) is 5.81. The molecule has 0 amide bonds. The smallest absolute Gasteiger partial charge is 0.0555 e. The van der Waals surface area contributed by atoms with Gasteiger partial charge in [-0.2, -0.15) is 0 Å². The highest BCUT2D eigenvalue weighted by atomic mass is 35.5. The Balaban J connectivity index is 1.81. The van der Waals surface area contributed by atoms with Crippen molar-refractivity contribution in [2.24, 2.45) is 0 Å². The molecule has 0 fully saturated rings. The Morgan fingerprint density at radius 1 is 0.567 bits per heavy atom. The van der Waals surface area contributed by atoms with Gasteiger partial charge in [0.1, 0.15) is 0 Å². The van der Waals surface area contributed by atoms with E-state index < -0.39 is 0 Å². The van der Waals surface area contributed by atoms with Gasteiger partial charge in [-0.15, -0.1) is 0 Å². The summed E-state index contributed by atoms with van der Waals surface area (Å²) in [6.45, 7) is 0. The summed E-state index contributed by atoms with van der Waals surface area (Å²) in [6.07, 6.45) is 0. The maximum Gasteiger partial charge on any atom is 0.0555 e. The van der Waals surface area contributed by atoms with E-state index in [1.165, 1.54) is 38.1 Å². The summed E-state index contributed by atoms with van der Waals surface area (Å²) in [5, 5.41) is 5.79. The maximum atomic E-state index is 6.51. The third-order valence-corrected chi connectivity index (χ3v) is 6.08. The van der Waals surface area contributed by atoms with Crippen LogP contribution in [0.1, 0.15) is 0 Å². The number of benzene rings is 5. The summed E-state index contributed by atoms with van der Waals surface area (Å²) in [5.74, 6) is 0. The number of aromatic nitrogens is 1. The summed E-state index contributed by atoms with van der Waals surface area (Å²) in [7, 11) is 0. The zero-order valence-corrected chi connectivity index (χ0v) is 17.0. The summed E-state index contributed by atoms with van der Waals surface area (Å²) in [6, 6.07) is 38.3. The van der Waals surface area contributed by atoms with E-state index in [0.29, 0.717) is 0 Å². The lowest BCUT2D eigenvalue weighted by atomic mass is 10.0. The van der Waals surface area contributed by atoms with E-state index in [9.17, 15) is 0 Å². The predicted molar refractivity (Wildman–Crippen MR) is 129 cm³/mol. The van der Waals surface area contributed by atoms with E-state index in [-0.39, 0.29) is 0 Å². The van der Waals surface area contributed by atoms with Crippen LogP contribution in [0.5, 0.6) is 0 Å². The van der Waals surface area contributed by atoms with Crippen LogP contribution >= 0.6 is 11.6 Å². The third kappa shape index (κ3) is 2.56. The van der Waals surface area contributed by atoms with Crippen LogP contribution in [0.25, 0.3) is 49.4 Å². The van der Waals surface area contributed by atoms with Crippen molar-refractivity contribution in [1.29, 1.82) is 0 Å². The molecule has 1 nitrogen and oxygen atoms in total. The standard InChI is InChI=1S/C28H18ClN/c29-21-15-16-22(19-8-2-1-3-9-19)27(18-21)30-25-13-7-6-12-24(25)28-23-11-5-4-10-20(23)14-17-26(28)30/h1-18H. The Bertz CT molecular complexity index is 1540. The zero-order chi connectivity index (χ0) is 20.1. The lowest BCUT2D eigenvalue weighted by Crippen LogP contribution is -1.97. The first-order chi connectivity index (χ1) is 14.8. The number of halogens is 1. The van der Waals surface area contributed by atoms with E-state index in [0.717, 1.165) is 16.3 Å². The first-order valence-corrected chi connectivity index (χ1v) is 10.5. The molecule has 0 saturated heterocycles. The minimum absolute atomic E-state index is 0.733. The van der Waals surface area contributed by atoms with Crippen molar-refractivity contribution in [2.45, 2.75) is 0 Å². The minimum Gasteiger partial charge on any atom is -0.309 e. The molecule has 0 aliphatic rings. The maximum absolute atomic E-state index is 6.51. The molecule has 6 aromatic rings. The SMILES string of the molecule is Clc1ccc(-c2ccccc2)c(-n2c3ccccc3c3c4ccccc4ccc32)c1. The lowest BCUT2D eigenvalue weighted by molar-refractivity contribution is 1.18. The number of rotatable bonds is 2. The molecule has 1 aromatic heterocycles. The van der Waals surface area contributed by atoms with Crippen LogP contribution in [-0.4, -0.2) is 4.57 Å². The molecule has 5 aromatic carbocycles. The first kappa shape index (κ1) is 17.3. The number of nitrogens with zero attached hydrogens (tertiary/aromatic N) is 1. The van der Waals surface area contributed by atoms with Gasteiger partial charge in [0, 0.05) is 21.4 Å². The molecular weight excluding hydrogens is 386 g/mol. The quantitative estimate of drug-likeness (QED) is 0.274. The van der Waals surface area contributed by atoms with E-state index in [2.05, 4.69) is 102 Å². The monoisotopic (exact) mass is 403 g/mol. The van der Waals surface area contributed by atoms with Gasteiger partial charge >= 0.3 is 0 Å². The van der Waals surface area contributed by atoms with Crippen LogP contribution in [0.4, 0.5) is 0 Å². The van der Waals surface area contributed by atoms with Gasteiger partial charge in [-0.3, -0.25) is 0 Å². The second kappa shape index (κ2) is 6.76. The van der Waals surface area contributed by atoms with Crippen molar-refractivity contribution in [1.82, 2.24) is 4.57 Å². The fraction of sp³-hybridized carbons (Fsp3) is 0.